The Morgan fingerprint density at radius 3 is 3.14 bits per heavy atom. The third kappa shape index (κ3) is 1.44. The summed E-state index contributed by atoms with van der Waals surface area (Å²) in [6.45, 7) is 0.193. The summed E-state index contributed by atoms with van der Waals surface area (Å²) in [6, 6.07) is 5.11. The van der Waals surface area contributed by atoms with E-state index in [1.807, 2.05) is 0 Å². The van der Waals surface area contributed by atoms with Gasteiger partial charge in [0.2, 0.25) is 0 Å². The fourth-order valence-corrected chi connectivity index (χ4v) is 1.34. The van der Waals surface area contributed by atoms with Crippen molar-refractivity contribution in [2.24, 2.45) is 0 Å². The number of carbonyl (C=O) groups is 1. The molecule has 0 amide bonds. The van der Waals surface area contributed by atoms with Crippen LogP contribution in [-0.4, -0.2) is 30.7 Å². The molecule has 0 saturated carbocycles. The molecular formula is C10H10O4. The molecule has 1 N–H and O–H groups in total. The van der Waals surface area contributed by atoms with Crippen LogP contribution in [0.15, 0.2) is 18.2 Å². The van der Waals surface area contributed by atoms with E-state index in [2.05, 4.69) is 0 Å². The van der Waals surface area contributed by atoms with Crippen LogP contribution in [0.3, 0.4) is 0 Å². The van der Waals surface area contributed by atoms with E-state index in [0.29, 0.717) is 30.0 Å². The van der Waals surface area contributed by atoms with E-state index < -0.39 is 0 Å². The standard InChI is InChI=1S/C10H10O4/c11-4-7-2-1-3-9-10(7)14-8(5-12)6-13-9/h1-4,8,12H,5-6H2. The van der Waals surface area contributed by atoms with Gasteiger partial charge in [0, 0.05) is 0 Å². The molecule has 1 atom stereocenters. The number of carbonyl (C=O) groups excluding carboxylic acids is 1. The van der Waals surface area contributed by atoms with Crippen molar-refractivity contribution in [2.75, 3.05) is 13.2 Å². The molecule has 14 heavy (non-hydrogen) atoms. The average Bonchev–Trinajstić information content (AvgIpc) is 2.27. The molecule has 74 valence electrons. The summed E-state index contributed by atoms with van der Waals surface area (Å²) < 4.78 is 10.7. The summed E-state index contributed by atoms with van der Waals surface area (Å²) in [5.74, 6) is 0.979. The summed E-state index contributed by atoms with van der Waals surface area (Å²) in [5, 5.41) is 8.89. The highest BCUT2D eigenvalue weighted by Gasteiger charge is 2.22. The van der Waals surface area contributed by atoms with Gasteiger partial charge in [0.25, 0.3) is 0 Å². The summed E-state index contributed by atoms with van der Waals surface area (Å²) >= 11 is 0. The van der Waals surface area contributed by atoms with Crippen LogP contribution in [0.1, 0.15) is 10.4 Å². The highest BCUT2D eigenvalue weighted by Crippen LogP contribution is 2.34. The Labute approximate surface area is 81.1 Å². The first-order valence-electron chi connectivity index (χ1n) is 4.33. The van der Waals surface area contributed by atoms with Crippen molar-refractivity contribution in [1.29, 1.82) is 0 Å². The van der Waals surface area contributed by atoms with Crippen molar-refractivity contribution in [3.05, 3.63) is 23.8 Å². The minimum absolute atomic E-state index is 0.118. The van der Waals surface area contributed by atoms with Crippen LogP contribution in [0.25, 0.3) is 0 Å². The van der Waals surface area contributed by atoms with E-state index in [0.717, 1.165) is 0 Å². The SMILES string of the molecule is O=Cc1cccc2c1OC(CO)CO2. The van der Waals surface area contributed by atoms with E-state index in [1.165, 1.54) is 0 Å². The highest BCUT2D eigenvalue weighted by atomic mass is 16.6. The quantitative estimate of drug-likeness (QED) is 0.701. The zero-order valence-electron chi connectivity index (χ0n) is 7.47. The molecule has 2 rings (SSSR count). The minimum atomic E-state index is -0.386. The van der Waals surface area contributed by atoms with Gasteiger partial charge in [-0.15, -0.1) is 0 Å². The Hall–Kier alpha value is -1.55. The zero-order chi connectivity index (χ0) is 9.97. The van der Waals surface area contributed by atoms with Gasteiger partial charge in [-0.2, -0.15) is 0 Å². The molecule has 0 fully saturated rings. The molecule has 1 heterocycles. The second-order valence-corrected chi connectivity index (χ2v) is 3.03. The number of aliphatic hydroxyl groups excluding tert-OH is 1. The number of aldehydes is 1. The number of hydrogen-bond acceptors (Lipinski definition) is 4. The molecule has 4 heteroatoms. The lowest BCUT2D eigenvalue weighted by Crippen LogP contribution is -2.32. The summed E-state index contributed by atoms with van der Waals surface area (Å²) in [7, 11) is 0. The van der Waals surface area contributed by atoms with Crippen molar-refractivity contribution in [3.63, 3.8) is 0 Å². The molecule has 0 saturated heterocycles. The highest BCUT2D eigenvalue weighted by molar-refractivity contribution is 5.81. The normalized spacial score (nSPS) is 19.1. The molecule has 4 nitrogen and oxygen atoms in total. The van der Waals surface area contributed by atoms with Gasteiger partial charge in [-0.05, 0) is 12.1 Å². The van der Waals surface area contributed by atoms with E-state index >= 15 is 0 Å². The Morgan fingerprint density at radius 1 is 1.57 bits per heavy atom. The number of fused-ring (bicyclic) bond motifs is 1. The smallest absolute Gasteiger partial charge is 0.172 e. The molecule has 1 aliphatic rings. The second kappa shape index (κ2) is 3.67. The van der Waals surface area contributed by atoms with Crippen molar-refractivity contribution >= 4 is 6.29 Å². The fraction of sp³-hybridized carbons (Fsp3) is 0.300. The molecule has 0 spiro atoms. The fourth-order valence-electron chi connectivity index (χ4n) is 1.34. The lowest BCUT2D eigenvalue weighted by Gasteiger charge is -2.25. The van der Waals surface area contributed by atoms with E-state index in [4.69, 9.17) is 14.6 Å². The van der Waals surface area contributed by atoms with Crippen molar-refractivity contribution in [2.45, 2.75) is 6.10 Å². The van der Waals surface area contributed by atoms with Crippen molar-refractivity contribution in [3.8, 4) is 11.5 Å². The van der Waals surface area contributed by atoms with Crippen LogP contribution in [-0.2, 0) is 0 Å². The molecule has 0 bridgehead atoms. The van der Waals surface area contributed by atoms with E-state index in [9.17, 15) is 4.79 Å². The van der Waals surface area contributed by atoms with E-state index in [-0.39, 0.29) is 12.7 Å². The van der Waals surface area contributed by atoms with Crippen LogP contribution in [0.5, 0.6) is 11.5 Å². The molecule has 0 aliphatic carbocycles. The third-order valence-electron chi connectivity index (χ3n) is 2.05. The third-order valence-corrected chi connectivity index (χ3v) is 2.05. The lowest BCUT2D eigenvalue weighted by molar-refractivity contribution is 0.0448. The van der Waals surface area contributed by atoms with Crippen molar-refractivity contribution < 1.29 is 19.4 Å². The monoisotopic (exact) mass is 194 g/mol. The van der Waals surface area contributed by atoms with Crippen LogP contribution in [0.2, 0.25) is 0 Å². The Balaban J connectivity index is 2.37. The van der Waals surface area contributed by atoms with Gasteiger partial charge in [0.05, 0.1) is 12.2 Å². The maximum absolute atomic E-state index is 10.7. The van der Waals surface area contributed by atoms with Crippen LogP contribution in [0, 0.1) is 0 Å². The van der Waals surface area contributed by atoms with Gasteiger partial charge in [0.15, 0.2) is 23.9 Å². The molecule has 0 radical (unpaired) electrons. The van der Waals surface area contributed by atoms with Gasteiger partial charge in [-0.25, -0.2) is 0 Å². The van der Waals surface area contributed by atoms with Crippen LogP contribution < -0.4 is 9.47 Å². The first-order valence-corrected chi connectivity index (χ1v) is 4.33. The molecule has 1 unspecified atom stereocenters. The number of rotatable bonds is 2. The summed E-state index contributed by atoms with van der Waals surface area (Å²) in [5.41, 5.74) is 0.445. The number of aliphatic hydroxyl groups is 1. The molecular weight excluding hydrogens is 184 g/mol. The second-order valence-electron chi connectivity index (χ2n) is 3.03. The Bertz CT molecular complexity index is 348. The zero-order valence-corrected chi connectivity index (χ0v) is 7.47. The predicted molar refractivity (Wildman–Crippen MR) is 48.8 cm³/mol. The summed E-state index contributed by atoms with van der Waals surface area (Å²) in [4.78, 5) is 10.7. The molecule has 0 aromatic heterocycles. The van der Waals surface area contributed by atoms with Gasteiger partial charge in [-0.1, -0.05) is 6.07 Å². The van der Waals surface area contributed by atoms with Crippen molar-refractivity contribution in [1.82, 2.24) is 0 Å². The maximum Gasteiger partial charge on any atom is 0.172 e. The first kappa shape index (κ1) is 9.02. The Kier molecular flexibility index (Phi) is 2.37. The summed E-state index contributed by atoms with van der Waals surface area (Å²) in [6.07, 6.45) is 0.325. The van der Waals surface area contributed by atoms with Crippen LogP contribution >= 0.6 is 0 Å². The maximum atomic E-state index is 10.7. The largest absolute Gasteiger partial charge is 0.486 e. The van der Waals surface area contributed by atoms with Crippen LogP contribution in [0.4, 0.5) is 0 Å². The van der Waals surface area contributed by atoms with Gasteiger partial charge >= 0.3 is 0 Å². The molecule has 1 aromatic rings. The number of ether oxygens (including phenoxy) is 2. The number of benzene rings is 1. The van der Waals surface area contributed by atoms with Gasteiger partial charge < -0.3 is 14.6 Å². The Morgan fingerprint density at radius 2 is 2.43 bits per heavy atom. The average molecular weight is 194 g/mol. The molecule has 1 aromatic carbocycles. The first-order chi connectivity index (χ1) is 6.85. The predicted octanol–water partition coefficient (Wildman–Crippen LogP) is 0.631. The van der Waals surface area contributed by atoms with Gasteiger partial charge in [-0.3, -0.25) is 4.79 Å². The molecule has 1 aliphatic heterocycles. The topological polar surface area (TPSA) is 55.8 Å². The minimum Gasteiger partial charge on any atom is -0.486 e. The van der Waals surface area contributed by atoms with Gasteiger partial charge in [0.1, 0.15) is 6.61 Å². The van der Waals surface area contributed by atoms with E-state index in [1.54, 1.807) is 18.2 Å². The number of hydrogen-bond donors (Lipinski definition) is 1. The lowest BCUT2D eigenvalue weighted by atomic mass is 10.2. The number of para-hydroxylation sites is 1.